The molecule has 4 heteroatoms. The van der Waals surface area contributed by atoms with Gasteiger partial charge in [0.1, 0.15) is 11.5 Å². The standard InChI is InChI=1S/C35H36N2O2/c1-34(2,3)28-19-25(20-29(33(28)39)35(4,5)6)31-21-30(36-37-31)24-17-26(22-13-9-7-10-14-22)32(38)27(18-24)23-15-11-8-12-16-23/h7-21,38-39H,1-6H3,(H,36,37). The summed E-state index contributed by atoms with van der Waals surface area (Å²) in [4.78, 5) is 0. The number of H-pyrrole nitrogens is 1. The monoisotopic (exact) mass is 516 g/mol. The SMILES string of the molecule is CC(C)(C)c1cc(-c2cc(-c3cc(-c4ccccc4)c(O)c(-c4ccccc4)c3)[nH]n2)cc(C(C)(C)C)c1O. The van der Waals surface area contributed by atoms with Crippen LogP contribution >= 0.6 is 0 Å². The third-order valence-electron chi connectivity index (χ3n) is 7.19. The third kappa shape index (κ3) is 5.20. The molecule has 198 valence electrons. The van der Waals surface area contributed by atoms with Crippen molar-refractivity contribution in [3.8, 4) is 56.3 Å². The molecule has 5 aromatic rings. The number of rotatable bonds is 4. The number of aromatic amines is 1. The number of nitrogens with one attached hydrogen (secondary N) is 1. The zero-order chi connectivity index (χ0) is 27.9. The van der Waals surface area contributed by atoms with Gasteiger partial charge < -0.3 is 10.2 Å². The van der Waals surface area contributed by atoms with Crippen LogP contribution in [0, 0.1) is 0 Å². The normalized spacial score (nSPS) is 12.1. The first-order valence-corrected chi connectivity index (χ1v) is 13.4. The lowest BCUT2D eigenvalue weighted by molar-refractivity contribution is 0.423. The molecule has 0 spiro atoms. The first-order valence-electron chi connectivity index (χ1n) is 13.4. The minimum atomic E-state index is -0.231. The zero-order valence-corrected chi connectivity index (χ0v) is 23.5. The van der Waals surface area contributed by atoms with Crippen molar-refractivity contribution in [1.29, 1.82) is 0 Å². The van der Waals surface area contributed by atoms with Gasteiger partial charge in [-0.15, -0.1) is 0 Å². The number of nitrogens with zero attached hydrogens (tertiary/aromatic N) is 1. The van der Waals surface area contributed by atoms with Gasteiger partial charge in [0.05, 0.1) is 11.4 Å². The molecule has 0 saturated heterocycles. The summed E-state index contributed by atoms with van der Waals surface area (Å²) in [6, 6.07) is 30.0. The highest BCUT2D eigenvalue weighted by Gasteiger charge is 2.27. The molecule has 0 radical (unpaired) electrons. The van der Waals surface area contributed by atoms with Crippen LogP contribution < -0.4 is 0 Å². The summed E-state index contributed by atoms with van der Waals surface area (Å²) in [5.41, 5.74) is 8.28. The first-order chi connectivity index (χ1) is 18.4. The second-order valence-corrected chi connectivity index (χ2v) is 12.2. The van der Waals surface area contributed by atoms with Crippen LogP contribution in [0.15, 0.2) is 91.0 Å². The fourth-order valence-corrected chi connectivity index (χ4v) is 5.01. The van der Waals surface area contributed by atoms with Gasteiger partial charge in [0.15, 0.2) is 0 Å². The molecule has 0 aliphatic carbocycles. The van der Waals surface area contributed by atoms with Crippen LogP contribution in [0.5, 0.6) is 11.5 Å². The predicted molar refractivity (Wildman–Crippen MR) is 161 cm³/mol. The number of hydrogen-bond donors (Lipinski definition) is 3. The van der Waals surface area contributed by atoms with Crippen LogP contribution in [-0.4, -0.2) is 20.4 Å². The molecule has 0 amide bonds. The molecule has 0 unspecified atom stereocenters. The van der Waals surface area contributed by atoms with Crippen molar-refractivity contribution in [2.75, 3.05) is 0 Å². The fourth-order valence-electron chi connectivity index (χ4n) is 5.01. The van der Waals surface area contributed by atoms with Gasteiger partial charge in [-0.3, -0.25) is 5.10 Å². The van der Waals surface area contributed by atoms with Crippen LogP contribution in [0.3, 0.4) is 0 Å². The van der Waals surface area contributed by atoms with Crippen molar-refractivity contribution in [1.82, 2.24) is 10.2 Å². The summed E-state index contributed by atoms with van der Waals surface area (Å²) in [6.07, 6.45) is 0. The molecule has 0 aliphatic rings. The van der Waals surface area contributed by atoms with Crippen molar-refractivity contribution in [2.45, 2.75) is 52.4 Å². The highest BCUT2D eigenvalue weighted by atomic mass is 16.3. The lowest BCUT2D eigenvalue weighted by atomic mass is 9.78. The summed E-state index contributed by atoms with van der Waals surface area (Å²) in [5, 5.41) is 30.4. The van der Waals surface area contributed by atoms with E-state index in [4.69, 9.17) is 5.10 Å². The fraction of sp³-hybridized carbons (Fsp3) is 0.229. The topological polar surface area (TPSA) is 69.1 Å². The van der Waals surface area contributed by atoms with E-state index in [1.807, 2.05) is 91.0 Å². The van der Waals surface area contributed by atoms with Crippen molar-refractivity contribution in [3.63, 3.8) is 0 Å². The maximum atomic E-state index is 11.3. The van der Waals surface area contributed by atoms with Crippen LogP contribution in [0.2, 0.25) is 0 Å². The van der Waals surface area contributed by atoms with Gasteiger partial charge in [-0.05, 0) is 52.3 Å². The van der Waals surface area contributed by atoms with Gasteiger partial charge in [0.2, 0.25) is 0 Å². The molecule has 0 fully saturated rings. The number of hydrogen-bond acceptors (Lipinski definition) is 3. The smallest absolute Gasteiger partial charge is 0.131 e. The molecule has 5 rings (SSSR count). The molecule has 0 atom stereocenters. The second-order valence-electron chi connectivity index (χ2n) is 12.2. The minimum Gasteiger partial charge on any atom is -0.507 e. The second kappa shape index (κ2) is 9.77. The quantitative estimate of drug-likeness (QED) is 0.223. The number of phenolic OH excluding ortho intramolecular Hbond substituents is 2. The van der Waals surface area contributed by atoms with E-state index in [0.717, 1.165) is 55.9 Å². The maximum Gasteiger partial charge on any atom is 0.131 e. The van der Waals surface area contributed by atoms with Crippen LogP contribution in [0.4, 0.5) is 0 Å². The van der Waals surface area contributed by atoms with Gasteiger partial charge in [-0.2, -0.15) is 5.10 Å². The molecule has 1 aromatic heterocycles. The van der Waals surface area contributed by atoms with Gasteiger partial charge in [-0.25, -0.2) is 0 Å². The van der Waals surface area contributed by atoms with Crippen molar-refractivity contribution in [2.24, 2.45) is 0 Å². The Morgan fingerprint density at radius 1 is 0.538 bits per heavy atom. The van der Waals surface area contributed by atoms with E-state index in [0.29, 0.717) is 5.75 Å². The van der Waals surface area contributed by atoms with E-state index >= 15 is 0 Å². The molecule has 39 heavy (non-hydrogen) atoms. The molecule has 4 nitrogen and oxygen atoms in total. The molecule has 0 saturated carbocycles. The lowest BCUT2D eigenvalue weighted by Gasteiger charge is -2.28. The summed E-state index contributed by atoms with van der Waals surface area (Å²) in [5.74, 6) is 0.604. The Morgan fingerprint density at radius 3 is 1.44 bits per heavy atom. The van der Waals surface area contributed by atoms with Crippen molar-refractivity contribution >= 4 is 0 Å². The summed E-state index contributed by atoms with van der Waals surface area (Å²) < 4.78 is 0. The predicted octanol–water partition coefficient (Wildman–Crippen LogP) is 9.08. The number of aromatic nitrogens is 2. The Kier molecular flexibility index (Phi) is 6.59. The van der Waals surface area contributed by atoms with Crippen molar-refractivity contribution in [3.05, 3.63) is 102 Å². The molecule has 4 aromatic carbocycles. The average Bonchev–Trinajstić information content (AvgIpc) is 3.39. The van der Waals surface area contributed by atoms with E-state index < -0.39 is 0 Å². The van der Waals surface area contributed by atoms with Crippen molar-refractivity contribution < 1.29 is 10.2 Å². The Hall–Kier alpha value is -4.31. The largest absolute Gasteiger partial charge is 0.507 e. The van der Waals surface area contributed by atoms with Crippen LogP contribution in [0.25, 0.3) is 44.8 Å². The van der Waals surface area contributed by atoms with Crippen LogP contribution in [0.1, 0.15) is 52.7 Å². The molecular formula is C35H36N2O2. The van der Waals surface area contributed by atoms with Crippen LogP contribution in [-0.2, 0) is 10.8 Å². The van der Waals surface area contributed by atoms with E-state index in [-0.39, 0.29) is 16.6 Å². The number of benzene rings is 4. The highest BCUT2D eigenvalue weighted by molar-refractivity contribution is 5.87. The van der Waals surface area contributed by atoms with Gasteiger partial charge >= 0.3 is 0 Å². The number of aromatic hydroxyl groups is 2. The van der Waals surface area contributed by atoms with E-state index in [1.54, 1.807) is 0 Å². The molecule has 1 heterocycles. The molecular weight excluding hydrogens is 480 g/mol. The third-order valence-corrected chi connectivity index (χ3v) is 7.19. The highest BCUT2D eigenvalue weighted by Crippen LogP contribution is 2.44. The van der Waals surface area contributed by atoms with Gasteiger partial charge in [-0.1, -0.05) is 102 Å². The maximum absolute atomic E-state index is 11.3. The molecule has 3 N–H and O–H groups in total. The Bertz CT molecular complexity index is 1520. The minimum absolute atomic E-state index is 0.231. The lowest BCUT2D eigenvalue weighted by Crippen LogP contribution is -2.17. The van der Waals surface area contributed by atoms with Gasteiger partial charge in [0.25, 0.3) is 0 Å². The summed E-state index contributed by atoms with van der Waals surface area (Å²) >= 11 is 0. The zero-order valence-electron chi connectivity index (χ0n) is 23.5. The van der Waals surface area contributed by atoms with E-state index in [9.17, 15) is 10.2 Å². The van der Waals surface area contributed by atoms with E-state index in [1.165, 1.54) is 0 Å². The first kappa shape index (κ1) is 26.3. The molecule has 0 bridgehead atoms. The summed E-state index contributed by atoms with van der Waals surface area (Å²) in [7, 11) is 0. The van der Waals surface area contributed by atoms with E-state index in [2.05, 4.69) is 46.6 Å². The van der Waals surface area contributed by atoms with Gasteiger partial charge in [0, 0.05) is 33.4 Å². The number of phenols is 2. The Labute approximate surface area is 231 Å². The average molecular weight is 517 g/mol. The summed E-state index contributed by atoms with van der Waals surface area (Å²) in [6.45, 7) is 12.7. The Morgan fingerprint density at radius 2 is 1.00 bits per heavy atom. The Balaban J connectivity index is 1.67. The molecule has 0 aliphatic heterocycles.